The van der Waals surface area contributed by atoms with Crippen LogP contribution in [0.2, 0.25) is 0 Å². The molecule has 47 valence electrons. The number of esters is 1. The minimum atomic E-state index is -0.421. The van der Waals surface area contributed by atoms with Crippen LogP contribution in [0.1, 0.15) is 0 Å². The average Bonchev–Trinajstić information content (AvgIpc) is 1.68. The zero-order chi connectivity index (χ0) is 5.70. The Balaban J connectivity index is 0. The monoisotopic (exact) mass is 116 g/mol. The van der Waals surface area contributed by atoms with E-state index in [0.717, 1.165) is 6.08 Å². The lowest BCUT2D eigenvalue weighted by atomic mass is 10.6. The third kappa shape index (κ3) is 5.17. The van der Waals surface area contributed by atoms with Crippen molar-refractivity contribution in [1.29, 1.82) is 0 Å². The van der Waals surface area contributed by atoms with Crippen molar-refractivity contribution in [3.05, 3.63) is 19.6 Å². The van der Waals surface area contributed by atoms with Gasteiger partial charge in [-0.15, -0.1) is 0 Å². The highest BCUT2D eigenvalue weighted by atomic mass is 16.5. The zero-order valence-electron chi connectivity index (χ0n) is 4.72. The van der Waals surface area contributed by atoms with Crippen LogP contribution in [-0.2, 0) is 9.53 Å². The van der Waals surface area contributed by atoms with E-state index in [1.54, 1.807) is 0 Å². The summed E-state index contributed by atoms with van der Waals surface area (Å²) in [6, 6.07) is 0. The second-order valence-electron chi connectivity index (χ2n) is 0.872. The molecule has 0 bridgehead atoms. The van der Waals surface area contributed by atoms with Crippen molar-refractivity contribution in [2.75, 3.05) is 6.61 Å². The van der Waals surface area contributed by atoms with E-state index in [2.05, 4.69) is 18.2 Å². The summed E-state index contributed by atoms with van der Waals surface area (Å²) >= 11 is 0. The number of carbonyl (C=O) groups excluding carboxylic acids is 1. The third-order valence-electron chi connectivity index (χ3n) is 0.411. The fraction of sp³-hybridized carbons (Fsp3) is 0.200. The van der Waals surface area contributed by atoms with Crippen molar-refractivity contribution in [2.45, 2.75) is 0 Å². The predicted molar refractivity (Wildman–Crippen MR) is 31.5 cm³/mol. The molecule has 0 aromatic carbocycles. The molecule has 0 saturated carbocycles. The van der Waals surface area contributed by atoms with Crippen LogP contribution in [0.4, 0.5) is 0 Å². The van der Waals surface area contributed by atoms with Gasteiger partial charge in [-0.3, -0.25) is 0 Å². The Bertz CT molecular complexity index is 80.5. The van der Waals surface area contributed by atoms with Crippen LogP contribution in [0, 0.1) is 6.92 Å². The maximum Gasteiger partial charge on any atom is 0.330 e. The highest BCUT2D eigenvalue weighted by molar-refractivity contribution is 5.81. The van der Waals surface area contributed by atoms with Crippen LogP contribution in [0.3, 0.4) is 0 Å². The van der Waals surface area contributed by atoms with Crippen LogP contribution < -0.4 is 6.15 Å². The molecule has 0 rings (SSSR count). The number of ether oxygens (including phenoxy) is 1. The Morgan fingerprint density at radius 3 is 2.38 bits per heavy atom. The van der Waals surface area contributed by atoms with Gasteiger partial charge in [0.25, 0.3) is 0 Å². The van der Waals surface area contributed by atoms with Crippen LogP contribution in [0.25, 0.3) is 0 Å². The van der Waals surface area contributed by atoms with Crippen molar-refractivity contribution in [1.82, 2.24) is 6.15 Å². The molecule has 0 aliphatic rings. The lowest BCUT2D eigenvalue weighted by Gasteiger charge is -1.90. The molecule has 3 nitrogen and oxygen atoms in total. The topological polar surface area (TPSA) is 61.3 Å². The Morgan fingerprint density at radius 2 is 2.25 bits per heavy atom. The molecule has 0 aliphatic carbocycles. The molecule has 0 spiro atoms. The summed E-state index contributed by atoms with van der Waals surface area (Å²) in [5.74, 6) is -0.421. The van der Waals surface area contributed by atoms with E-state index < -0.39 is 5.97 Å². The summed E-state index contributed by atoms with van der Waals surface area (Å²) in [5.41, 5.74) is 0. The van der Waals surface area contributed by atoms with Gasteiger partial charge in [0, 0.05) is 6.08 Å². The molecule has 0 aliphatic heterocycles. The molecule has 0 aromatic heterocycles. The van der Waals surface area contributed by atoms with Gasteiger partial charge < -0.3 is 10.9 Å². The van der Waals surface area contributed by atoms with Crippen LogP contribution in [-0.4, -0.2) is 12.6 Å². The molecule has 8 heavy (non-hydrogen) atoms. The van der Waals surface area contributed by atoms with E-state index in [-0.39, 0.29) is 12.8 Å². The summed E-state index contributed by atoms with van der Waals surface area (Å²) in [6.45, 7) is 6.63. The molecule has 3 N–H and O–H groups in total. The molecule has 0 amide bonds. The van der Waals surface area contributed by atoms with Gasteiger partial charge in [0.2, 0.25) is 0 Å². The molecule has 0 atom stereocenters. The van der Waals surface area contributed by atoms with Crippen molar-refractivity contribution < 1.29 is 9.53 Å². The Morgan fingerprint density at radius 1 is 1.75 bits per heavy atom. The third-order valence-corrected chi connectivity index (χ3v) is 0.411. The van der Waals surface area contributed by atoms with E-state index in [0.29, 0.717) is 0 Å². The average molecular weight is 116 g/mol. The first-order valence-corrected chi connectivity index (χ1v) is 1.89. The lowest BCUT2D eigenvalue weighted by molar-refractivity contribution is -0.136. The number of hydrogen-bond acceptors (Lipinski definition) is 3. The van der Waals surface area contributed by atoms with Gasteiger partial charge in [-0.05, 0) is 6.92 Å². The summed E-state index contributed by atoms with van der Waals surface area (Å²) in [6.07, 6.45) is 1.10. The fourth-order valence-electron chi connectivity index (χ4n) is 0.160. The molecule has 1 radical (unpaired) electrons. The first-order chi connectivity index (χ1) is 3.31. The lowest BCUT2D eigenvalue weighted by Crippen LogP contribution is -1.97. The van der Waals surface area contributed by atoms with Gasteiger partial charge in [0.05, 0.1) is 6.61 Å². The largest absolute Gasteiger partial charge is 0.463 e. The number of hydrogen-bond donors (Lipinski definition) is 1. The van der Waals surface area contributed by atoms with Crippen LogP contribution in [0.5, 0.6) is 0 Å². The summed E-state index contributed by atoms with van der Waals surface area (Å²) < 4.78 is 4.32. The van der Waals surface area contributed by atoms with E-state index >= 15 is 0 Å². The van der Waals surface area contributed by atoms with E-state index in [9.17, 15) is 4.79 Å². The molecule has 0 aromatic rings. The summed E-state index contributed by atoms with van der Waals surface area (Å²) in [5, 5.41) is 0. The van der Waals surface area contributed by atoms with Crippen LogP contribution in [0.15, 0.2) is 12.7 Å². The van der Waals surface area contributed by atoms with Crippen molar-refractivity contribution in [2.24, 2.45) is 0 Å². The normalized spacial score (nSPS) is 6.62. The summed E-state index contributed by atoms with van der Waals surface area (Å²) in [4.78, 5) is 10.0. The predicted octanol–water partition coefficient (Wildman–Crippen LogP) is 0.712. The molecule has 0 unspecified atom stereocenters. The first kappa shape index (κ1) is 10.2. The molecule has 0 saturated heterocycles. The SMILES string of the molecule is N.[CH2]COC(=O)C=C. The standard InChI is InChI=1S/C5H7O2.H3N/c1-3-5(6)7-4-2;/h3H,1-2,4H2;1H3. The first-order valence-electron chi connectivity index (χ1n) is 1.89. The van der Waals surface area contributed by atoms with Crippen molar-refractivity contribution >= 4 is 5.97 Å². The van der Waals surface area contributed by atoms with Gasteiger partial charge in [0.15, 0.2) is 0 Å². The molecule has 3 heteroatoms. The Kier molecular flexibility index (Phi) is 7.88. The molecule has 0 heterocycles. The van der Waals surface area contributed by atoms with Gasteiger partial charge in [-0.1, -0.05) is 6.58 Å². The van der Waals surface area contributed by atoms with Gasteiger partial charge in [-0.25, -0.2) is 4.79 Å². The van der Waals surface area contributed by atoms with Gasteiger partial charge in [0.1, 0.15) is 0 Å². The molecular weight excluding hydrogens is 106 g/mol. The molecule has 0 fully saturated rings. The smallest absolute Gasteiger partial charge is 0.330 e. The Labute approximate surface area is 48.9 Å². The van der Waals surface area contributed by atoms with Gasteiger partial charge in [-0.2, -0.15) is 0 Å². The van der Waals surface area contributed by atoms with Crippen LogP contribution >= 0.6 is 0 Å². The Hall–Kier alpha value is -0.830. The van der Waals surface area contributed by atoms with Gasteiger partial charge >= 0.3 is 5.97 Å². The van der Waals surface area contributed by atoms with E-state index in [1.807, 2.05) is 0 Å². The summed E-state index contributed by atoms with van der Waals surface area (Å²) in [7, 11) is 0. The minimum absolute atomic E-state index is 0. The number of rotatable bonds is 2. The van der Waals surface area contributed by atoms with E-state index in [1.165, 1.54) is 0 Å². The highest BCUT2D eigenvalue weighted by Crippen LogP contribution is 1.74. The minimum Gasteiger partial charge on any atom is -0.463 e. The fourth-order valence-corrected chi connectivity index (χ4v) is 0.160. The maximum atomic E-state index is 10.0. The van der Waals surface area contributed by atoms with Crippen molar-refractivity contribution in [3.63, 3.8) is 0 Å². The second kappa shape index (κ2) is 6.17. The van der Waals surface area contributed by atoms with E-state index in [4.69, 9.17) is 0 Å². The quantitative estimate of drug-likeness (QED) is 0.427. The highest BCUT2D eigenvalue weighted by Gasteiger charge is 1.86. The maximum absolute atomic E-state index is 10.0. The van der Waals surface area contributed by atoms with Crippen molar-refractivity contribution in [3.8, 4) is 0 Å². The molecular formula is C5H10NO2. The second-order valence-corrected chi connectivity index (χ2v) is 0.872. The zero-order valence-corrected chi connectivity index (χ0v) is 4.72. The number of carbonyl (C=O) groups is 1.